The van der Waals surface area contributed by atoms with Crippen LogP contribution in [0.25, 0.3) is 0 Å². The normalized spacial score (nSPS) is 21.6. The summed E-state index contributed by atoms with van der Waals surface area (Å²) >= 11 is 0. The zero-order chi connectivity index (χ0) is 17.8. The second-order valence-corrected chi connectivity index (χ2v) is 7.35. The van der Waals surface area contributed by atoms with E-state index in [0.717, 1.165) is 43.5 Å². The molecule has 1 atom stereocenters. The van der Waals surface area contributed by atoms with E-state index in [4.69, 9.17) is 0 Å². The van der Waals surface area contributed by atoms with Crippen LogP contribution in [-0.2, 0) is 4.79 Å². The highest BCUT2D eigenvalue weighted by Gasteiger charge is 2.30. The maximum absolute atomic E-state index is 12.7. The van der Waals surface area contributed by atoms with Crippen LogP contribution in [0.2, 0.25) is 0 Å². The van der Waals surface area contributed by atoms with Crippen molar-refractivity contribution >= 4 is 11.7 Å². The Bertz CT molecular complexity index is 675. The molecule has 1 N–H and O–H groups in total. The molecule has 1 amide bonds. The number of hydrogen-bond donors (Lipinski definition) is 1. The van der Waals surface area contributed by atoms with Gasteiger partial charge in [0.15, 0.2) is 5.82 Å². The fraction of sp³-hybridized carbons (Fsp3) is 0.684. The molecule has 2 aliphatic rings. The minimum atomic E-state index is -0.0365. The van der Waals surface area contributed by atoms with E-state index in [1.165, 1.54) is 19.3 Å². The molecular formula is C19H27N5O. The van der Waals surface area contributed by atoms with E-state index in [-0.39, 0.29) is 11.8 Å². The van der Waals surface area contributed by atoms with Gasteiger partial charge in [-0.25, -0.2) is 0 Å². The molecule has 0 radical (unpaired) electrons. The van der Waals surface area contributed by atoms with Gasteiger partial charge in [0.05, 0.1) is 11.6 Å². The molecule has 0 unspecified atom stereocenters. The van der Waals surface area contributed by atoms with E-state index in [1.807, 2.05) is 13.8 Å². The third-order valence-corrected chi connectivity index (χ3v) is 5.59. The Morgan fingerprint density at radius 3 is 2.64 bits per heavy atom. The molecule has 0 aromatic carbocycles. The van der Waals surface area contributed by atoms with E-state index < -0.39 is 0 Å². The smallest absolute Gasteiger partial charge is 0.225 e. The van der Waals surface area contributed by atoms with Crippen molar-refractivity contribution < 1.29 is 4.79 Å². The predicted molar refractivity (Wildman–Crippen MR) is 96.2 cm³/mol. The largest absolute Gasteiger partial charge is 0.353 e. The first-order valence-electron chi connectivity index (χ1n) is 9.39. The second kappa shape index (κ2) is 7.81. The summed E-state index contributed by atoms with van der Waals surface area (Å²) < 4.78 is 0. The standard InChI is InChI=1S/C19H27N5O/c1-13-14(2)22-23-18(17(13)11-20)24-10-6-7-15(12-24)19(25)21-16-8-4-3-5-9-16/h15-16H,3-10,12H2,1-2H3,(H,21,25)/t15-/m1/s1. The van der Waals surface area contributed by atoms with Crippen molar-refractivity contribution in [3.8, 4) is 6.07 Å². The van der Waals surface area contributed by atoms with Crippen molar-refractivity contribution in [3.63, 3.8) is 0 Å². The van der Waals surface area contributed by atoms with Gasteiger partial charge in [0.25, 0.3) is 0 Å². The summed E-state index contributed by atoms with van der Waals surface area (Å²) in [6.07, 6.45) is 7.74. The maximum Gasteiger partial charge on any atom is 0.225 e. The first kappa shape index (κ1) is 17.7. The summed E-state index contributed by atoms with van der Waals surface area (Å²) in [6.45, 7) is 5.20. The SMILES string of the molecule is Cc1nnc(N2CCC[C@@H](C(=O)NC3CCCCC3)C2)c(C#N)c1C. The maximum atomic E-state index is 12.7. The van der Waals surface area contributed by atoms with Crippen LogP contribution < -0.4 is 10.2 Å². The highest BCUT2D eigenvalue weighted by molar-refractivity contribution is 5.80. The average molecular weight is 341 g/mol. The molecule has 1 saturated carbocycles. The minimum absolute atomic E-state index is 0.0365. The number of nitrogens with zero attached hydrogens (tertiary/aromatic N) is 4. The van der Waals surface area contributed by atoms with Crippen LogP contribution in [0.4, 0.5) is 5.82 Å². The summed E-state index contributed by atoms with van der Waals surface area (Å²) in [7, 11) is 0. The number of rotatable bonds is 3. The van der Waals surface area contributed by atoms with Crippen LogP contribution in [0.5, 0.6) is 0 Å². The molecule has 6 heteroatoms. The quantitative estimate of drug-likeness (QED) is 0.914. The van der Waals surface area contributed by atoms with Crippen molar-refractivity contribution in [2.24, 2.45) is 5.92 Å². The Balaban J connectivity index is 1.70. The summed E-state index contributed by atoms with van der Waals surface area (Å²) in [5, 5.41) is 21.2. The van der Waals surface area contributed by atoms with Crippen molar-refractivity contribution in [2.45, 2.75) is 64.8 Å². The molecule has 2 heterocycles. The van der Waals surface area contributed by atoms with Crippen LogP contribution in [0.15, 0.2) is 0 Å². The number of piperidine rings is 1. The van der Waals surface area contributed by atoms with Gasteiger partial charge in [0.1, 0.15) is 11.6 Å². The van der Waals surface area contributed by atoms with Gasteiger partial charge in [-0.15, -0.1) is 5.10 Å². The van der Waals surface area contributed by atoms with Gasteiger partial charge >= 0.3 is 0 Å². The lowest BCUT2D eigenvalue weighted by atomic mass is 9.93. The van der Waals surface area contributed by atoms with Crippen LogP contribution in [0.1, 0.15) is 61.8 Å². The molecule has 0 spiro atoms. The van der Waals surface area contributed by atoms with E-state index >= 15 is 0 Å². The van der Waals surface area contributed by atoms with E-state index in [0.29, 0.717) is 24.0 Å². The topological polar surface area (TPSA) is 81.9 Å². The fourth-order valence-electron chi connectivity index (χ4n) is 3.90. The zero-order valence-corrected chi connectivity index (χ0v) is 15.2. The lowest BCUT2D eigenvalue weighted by molar-refractivity contribution is -0.126. The Labute approximate surface area is 149 Å². The van der Waals surface area contributed by atoms with E-state index in [9.17, 15) is 10.1 Å². The second-order valence-electron chi connectivity index (χ2n) is 7.35. The van der Waals surface area contributed by atoms with Crippen LogP contribution >= 0.6 is 0 Å². The van der Waals surface area contributed by atoms with Gasteiger partial charge in [0.2, 0.25) is 5.91 Å². The zero-order valence-electron chi connectivity index (χ0n) is 15.2. The van der Waals surface area contributed by atoms with Crippen molar-refractivity contribution in [1.29, 1.82) is 5.26 Å². The number of hydrogen-bond acceptors (Lipinski definition) is 5. The van der Waals surface area contributed by atoms with Gasteiger partial charge in [-0.05, 0) is 45.1 Å². The van der Waals surface area contributed by atoms with Crippen LogP contribution in [0.3, 0.4) is 0 Å². The Morgan fingerprint density at radius 1 is 1.16 bits per heavy atom. The molecular weight excluding hydrogens is 314 g/mol. The van der Waals surface area contributed by atoms with Crippen molar-refractivity contribution in [2.75, 3.05) is 18.0 Å². The van der Waals surface area contributed by atoms with Crippen molar-refractivity contribution in [1.82, 2.24) is 15.5 Å². The summed E-state index contributed by atoms with van der Waals surface area (Å²) in [6, 6.07) is 2.61. The molecule has 1 aliphatic heterocycles. The molecule has 0 bridgehead atoms. The molecule has 1 aromatic heterocycles. The minimum Gasteiger partial charge on any atom is -0.353 e. The summed E-state index contributed by atoms with van der Waals surface area (Å²) in [5.74, 6) is 0.748. The average Bonchev–Trinajstić information content (AvgIpc) is 2.64. The number of aromatic nitrogens is 2. The molecule has 1 saturated heterocycles. The molecule has 1 aliphatic carbocycles. The van der Waals surface area contributed by atoms with Crippen LogP contribution in [-0.4, -0.2) is 35.2 Å². The number of anilines is 1. The Morgan fingerprint density at radius 2 is 1.92 bits per heavy atom. The number of carbonyl (C=O) groups excluding carboxylic acids is 1. The van der Waals surface area contributed by atoms with Gasteiger partial charge in [0, 0.05) is 19.1 Å². The molecule has 2 fully saturated rings. The van der Waals surface area contributed by atoms with Crippen molar-refractivity contribution in [3.05, 3.63) is 16.8 Å². The highest BCUT2D eigenvalue weighted by Crippen LogP contribution is 2.27. The number of nitriles is 1. The van der Waals surface area contributed by atoms with E-state index in [1.54, 1.807) is 0 Å². The van der Waals surface area contributed by atoms with Gasteiger partial charge < -0.3 is 10.2 Å². The molecule has 25 heavy (non-hydrogen) atoms. The summed E-state index contributed by atoms with van der Waals surface area (Å²) in [4.78, 5) is 14.7. The molecule has 6 nitrogen and oxygen atoms in total. The monoisotopic (exact) mass is 341 g/mol. The first-order valence-corrected chi connectivity index (χ1v) is 9.39. The van der Waals surface area contributed by atoms with Gasteiger partial charge in [-0.1, -0.05) is 19.3 Å². The van der Waals surface area contributed by atoms with Gasteiger partial charge in [-0.3, -0.25) is 4.79 Å². The Hall–Kier alpha value is -2.16. The third-order valence-electron chi connectivity index (χ3n) is 5.59. The predicted octanol–water partition coefficient (Wildman–Crippen LogP) is 2.63. The number of aryl methyl sites for hydroxylation is 1. The first-order chi connectivity index (χ1) is 12.1. The third kappa shape index (κ3) is 3.92. The lowest BCUT2D eigenvalue weighted by Crippen LogP contribution is -2.46. The number of nitrogens with one attached hydrogen (secondary N) is 1. The molecule has 1 aromatic rings. The lowest BCUT2D eigenvalue weighted by Gasteiger charge is -2.34. The highest BCUT2D eigenvalue weighted by atomic mass is 16.2. The summed E-state index contributed by atoms with van der Waals surface area (Å²) in [5.41, 5.74) is 2.24. The van der Waals surface area contributed by atoms with E-state index in [2.05, 4.69) is 26.5 Å². The molecule has 134 valence electrons. The Kier molecular flexibility index (Phi) is 5.52. The number of carbonyl (C=O) groups is 1. The fourth-order valence-corrected chi connectivity index (χ4v) is 3.90. The number of amides is 1. The van der Waals surface area contributed by atoms with Gasteiger partial charge in [-0.2, -0.15) is 10.4 Å². The van der Waals surface area contributed by atoms with Crippen LogP contribution in [0, 0.1) is 31.1 Å². The molecule has 3 rings (SSSR count).